The third-order valence-corrected chi connectivity index (χ3v) is 6.03. The first kappa shape index (κ1) is 20.9. The van der Waals surface area contributed by atoms with Crippen LogP contribution in [-0.4, -0.2) is 53.8 Å². The minimum atomic E-state index is -0.161. The molecule has 6 nitrogen and oxygen atoms in total. The van der Waals surface area contributed by atoms with Gasteiger partial charge in [-0.1, -0.05) is 24.3 Å². The van der Waals surface area contributed by atoms with E-state index in [1.807, 2.05) is 53.4 Å². The van der Waals surface area contributed by atoms with E-state index in [2.05, 4.69) is 11.1 Å². The van der Waals surface area contributed by atoms with Crippen LogP contribution in [0.1, 0.15) is 28.1 Å². The lowest BCUT2D eigenvalue weighted by atomic mass is 9.99. The molecule has 2 amide bonds. The molecule has 0 bridgehead atoms. The Morgan fingerprint density at radius 1 is 1.06 bits per heavy atom. The molecule has 0 N–H and O–H groups in total. The van der Waals surface area contributed by atoms with Crippen molar-refractivity contribution < 1.29 is 14.0 Å². The molecule has 0 fully saturated rings. The Kier molecular flexibility index (Phi) is 5.42. The molecule has 1 aliphatic rings. The third kappa shape index (κ3) is 4.24. The number of furan rings is 1. The van der Waals surface area contributed by atoms with Gasteiger partial charge < -0.3 is 14.2 Å². The second-order valence-corrected chi connectivity index (χ2v) is 8.60. The van der Waals surface area contributed by atoms with Crippen LogP contribution in [0, 0.1) is 0 Å². The van der Waals surface area contributed by atoms with E-state index in [4.69, 9.17) is 4.42 Å². The zero-order chi connectivity index (χ0) is 22.9. The van der Waals surface area contributed by atoms with Crippen LogP contribution in [-0.2, 0) is 11.2 Å². The molecule has 2 aromatic carbocycles. The van der Waals surface area contributed by atoms with Crippen LogP contribution in [0.2, 0.25) is 0 Å². The standard InChI is InChI=1S/C27H25N3O3/c1-29(2)27(32)25-16-22-15-19(8-10-24(22)33-25)21-6-4-12-30(17-21)26(31)14-18-7-9-23-20(13-18)5-3-11-28-23/h3,5-11,13,15-16H,4,12,14,17H2,1-2H3. The quantitative estimate of drug-likeness (QED) is 0.468. The lowest BCUT2D eigenvalue weighted by molar-refractivity contribution is -0.129. The highest BCUT2D eigenvalue weighted by atomic mass is 16.3. The molecule has 166 valence electrons. The van der Waals surface area contributed by atoms with Crippen molar-refractivity contribution in [2.45, 2.75) is 12.8 Å². The summed E-state index contributed by atoms with van der Waals surface area (Å²) in [6.45, 7) is 1.29. The van der Waals surface area contributed by atoms with Crippen LogP contribution in [0.4, 0.5) is 0 Å². The molecule has 0 spiro atoms. The lowest BCUT2D eigenvalue weighted by Gasteiger charge is -2.28. The second kappa shape index (κ2) is 8.54. The van der Waals surface area contributed by atoms with Crippen molar-refractivity contribution in [1.82, 2.24) is 14.8 Å². The van der Waals surface area contributed by atoms with E-state index in [-0.39, 0.29) is 11.8 Å². The smallest absolute Gasteiger partial charge is 0.289 e. The van der Waals surface area contributed by atoms with Gasteiger partial charge in [-0.05, 0) is 59.5 Å². The molecule has 5 rings (SSSR count). The number of pyridine rings is 1. The van der Waals surface area contributed by atoms with E-state index >= 15 is 0 Å². The van der Waals surface area contributed by atoms with E-state index in [0.29, 0.717) is 30.9 Å². The summed E-state index contributed by atoms with van der Waals surface area (Å²) in [6.07, 6.45) is 5.15. The number of hydrogen-bond donors (Lipinski definition) is 0. The predicted octanol–water partition coefficient (Wildman–Crippen LogP) is 4.54. The van der Waals surface area contributed by atoms with Crippen molar-refractivity contribution in [2.75, 3.05) is 27.2 Å². The monoisotopic (exact) mass is 439 g/mol. The molecule has 0 radical (unpaired) electrons. The van der Waals surface area contributed by atoms with Gasteiger partial charge in [0.15, 0.2) is 5.76 Å². The minimum Gasteiger partial charge on any atom is -0.451 e. The number of nitrogens with zero attached hydrogens (tertiary/aromatic N) is 3. The van der Waals surface area contributed by atoms with Crippen molar-refractivity contribution in [3.63, 3.8) is 0 Å². The Morgan fingerprint density at radius 2 is 1.94 bits per heavy atom. The number of amides is 2. The number of carbonyl (C=O) groups is 2. The third-order valence-electron chi connectivity index (χ3n) is 6.03. The Balaban J connectivity index is 1.32. The van der Waals surface area contributed by atoms with E-state index in [9.17, 15) is 9.59 Å². The summed E-state index contributed by atoms with van der Waals surface area (Å²) in [5.74, 6) is 0.283. The summed E-state index contributed by atoms with van der Waals surface area (Å²) < 4.78 is 5.71. The van der Waals surface area contributed by atoms with Gasteiger partial charge in [-0.15, -0.1) is 0 Å². The molecule has 2 aromatic heterocycles. The van der Waals surface area contributed by atoms with Gasteiger partial charge in [-0.2, -0.15) is 0 Å². The Hall–Kier alpha value is -3.93. The number of carbonyl (C=O) groups excluding carboxylic acids is 2. The largest absolute Gasteiger partial charge is 0.451 e. The molecule has 0 atom stereocenters. The molecule has 3 heterocycles. The maximum atomic E-state index is 13.1. The second-order valence-electron chi connectivity index (χ2n) is 8.60. The van der Waals surface area contributed by atoms with Gasteiger partial charge >= 0.3 is 0 Å². The van der Waals surface area contributed by atoms with Crippen molar-refractivity contribution in [1.29, 1.82) is 0 Å². The summed E-state index contributed by atoms with van der Waals surface area (Å²) in [6, 6.07) is 17.6. The zero-order valence-electron chi connectivity index (χ0n) is 18.7. The highest BCUT2D eigenvalue weighted by Gasteiger charge is 2.20. The van der Waals surface area contributed by atoms with Gasteiger partial charge in [0.25, 0.3) is 5.91 Å². The van der Waals surface area contributed by atoms with E-state index in [1.54, 1.807) is 26.4 Å². The number of hydrogen-bond acceptors (Lipinski definition) is 4. The summed E-state index contributed by atoms with van der Waals surface area (Å²) in [7, 11) is 3.41. The molecule has 1 aliphatic heterocycles. The van der Waals surface area contributed by atoms with Gasteiger partial charge in [0.1, 0.15) is 5.58 Å². The molecule has 0 unspecified atom stereocenters. The Labute approximate surface area is 192 Å². The van der Waals surface area contributed by atoms with Crippen molar-refractivity contribution >= 4 is 39.3 Å². The number of fused-ring (bicyclic) bond motifs is 2. The summed E-state index contributed by atoms with van der Waals surface area (Å²) in [5.41, 5.74) is 4.76. The van der Waals surface area contributed by atoms with Crippen LogP contribution in [0.3, 0.4) is 0 Å². The fourth-order valence-corrected chi connectivity index (χ4v) is 4.26. The van der Waals surface area contributed by atoms with Crippen LogP contribution in [0.5, 0.6) is 0 Å². The maximum absolute atomic E-state index is 13.1. The Bertz CT molecular complexity index is 1400. The number of rotatable bonds is 4. The fraction of sp³-hybridized carbons (Fsp3) is 0.222. The zero-order valence-corrected chi connectivity index (χ0v) is 18.7. The van der Waals surface area contributed by atoms with Gasteiger partial charge in [0, 0.05) is 44.2 Å². The van der Waals surface area contributed by atoms with E-state index in [1.165, 1.54) is 4.90 Å². The molecule has 0 saturated heterocycles. The first-order chi connectivity index (χ1) is 16.0. The minimum absolute atomic E-state index is 0.118. The topological polar surface area (TPSA) is 66.7 Å². The van der Waals surface area contributed by atoms with Gasteiger partial charge in [-0.3, -0.25) is 14.6 Å². The van der Waals surface area contributed by atoms with Gasteiger partial charge in [0.2, 0.25) is 5.91 Å². The van der Waals surface area contributed by atoms with Crippen LogP contribution < -0.4 is 0 Å². The summed E-state index contributed by atoms with van der Waals surface area (Å²) in [4.78, 5) is 33.0. The van der Waals surface area contributed by atoms with Gasteiger partial charge in [0.05, 0.1) is 11.9 Å². The van der Waals surface area contributed by atoms with Gasteiger partial charge in [-0.25, -0.2) is 0 Å². The SMILES string of the molecule is CN(C)C(=O)c1cc2cc(C3=CCCN(C(=O)Cc4ccc5ncccc5c4)C3)ccc2o1. The van der Waals surface area contributed by atoms with E-state index < -0.39 is 0 Å². The number of benzene rings is 2. The highest BCUT2D eigenvalue weighted by molar-refractivity contribution is 5.96. The van der Waals surface area contributed by atoms with E-state index in [0.717, 1.165) is 39.4 Å². The highest BCUT2D eigenvalue weighted by Crippen LogP contribution is 2.27. The molecule has 0 saturated carbocycles. The van der Waals surface area contributed by atoms with Crippen molar-refractivity contribution in [3.8, 4) is 0 Å². The first-order valence-corrected chi connectivity index (χ1v) is 11.0. The van der Waals surface area contributed by atoms with Crippen molar-refractivity contribution in [2.24, 2.45) is 0 Å². The predicted molar refractivity (Wildman–Crippen MR) is 129 cm³/mol. The summed E-state index contributed by atoms with van der Waals surface area (Å²) in [5, 5.41) is 1.93. The molecule has 33 heavy (non-hydrogen) atoms. The molecular weight excluding hydrogens is 414 g/mol. The number of aromatic nitrogens is 1. The average molecular weight is 440 g/mol. The van der Waals surface area contributed by atoms with Crippen molar-refractivity contribution in [3.05, 3.63) is 83.8 Å². The van der Waals surface area contributed by atoms with Crippen LogP contribution in [0.25, 0.3) is 27.4 Å². The van der Waals surface area contributed by atoms with Crippen LogP contribution >= 0.6 is 0 Å². The molecular formula is C27H25N3O3. The summed E-state index contributed by atoms with van der Waals surface area (Å²) >= 11 is 0. The normalized spacial score (nSPS) is 13.9. The maximum Gasteiger partial charge on any atom is 0.289 e. The molecule has 0 aliphatic carbocycles. The average Bonchev–Trinajstić information content (AvgIpc) is 3.27. The molecule has 6 heteroatoms. The Morgan fingerprint density at radius 3 is 2.79 bits per heavy atom. The fourth-order valence-electron chi connectivity index (χ4n) is 4.26. The molecule has 4 aromatic rings. The van der Waals surface area contributed by atoms with Crippen LogP contribution in [0.15, 0.2) is 71.3 Å². The lowest BCUT2D eigenvalue weighted by Crippen LogP contribution is -2.36. The first-order valence-electron chi connectivity index (χ1n) is 11.0.